The molecule has 0 aliphatic heterocycles. The van der Waals surface area contributed by atoms with Crippen molar-refractivity contribution < 1.29 is 4.79 Å². The Bertz CT molecular complexity index is 1090. The fraction of sp³-hybridized carbons (Fsp3) is 0.389. The van der Waals surface area contributed by atoms with Crippen LogP contribution in [0.25, 0.3) is 11.0 Å². The second-order valence-corrected chi connectivity index (χ2v) is 7.16. The van der Waals surface area contributed by atoms with Gasteiger partial charge in [0, 0.05) is 18.0 Å². The molecule has 0 unspecified atom stereocenters. The van der Waals surface area contributed by atoms with Crippen molar-refractivity contribution in [1.29, 1.82) is 0 Å². The Morgan fingerprint density at radius 3 is 2.63 bits per heavy atom. The highest BCUT2D eigenvalue weighted by Gasteiger charge is 2.16. The standard InChI is InChI=1S/C18H21N5O3S/c1-4-10(5-2)16-21-22-18(27-16)20-14(24)11-7-8-13-12(9-11)19-15(25)17(26)23(13)6-3/h7-10H,4-6H2,1-3H3,(H,19,25)(H,20,22,24). The molecule has 0 atom stereocenters. The van der Waals surface area contributed by atoms with E-state index in [-0.39, 0.29) is 5.91 Å². The second kappa shape index (κ2) is 7.83. The normalized spacial score (nSPS) is 11.3. The van der Waals surface area contributed by atoms with E-state index >= 15 is 0 Å². The lowest BCUT2D eigenvalue weighted by atomic mass is 10.1. The number of nitrogens with one attached hydrogen (secondary N) is 2. The van der Waals surface area contributed by atoms with Gasteiger partial charge in [-0.1, -0.05) is 25.2 Å². The smallest absolute Gasteiger partial charge is 0.316 e. The molecule has 0 radical (unpaired) electrons. The SMILES string of the molecule is CCC(CC)c1nnc(NC(=O)c2ccc3c(c2)[nH]c(=O)c(=O)n3CC)s1. The number of nitrogens with zero attached hydrogens (tertiary/aromatic N) is 3. The zero-order valence-corrected chi connectivity index (χ0v) is 16.2. The molecule has 2 N–H and O–H groups in total. The maximum absolute atomic E-state index is 12.5. The Morgan fingerprint density at radius 1 is 1.22 bits per heavy atom. The molecule has 1 amide bonds. The van der Waals surface area contributed by atoms with Crippen LogP contribution in [0.2, 0.25) is 0 Å². The van der Waals surface area contributed by atoms with Crippen molar-refractivity contribution in [3.05, 3.63) is 49.5 Å². The van der Waals surface area contributed by atoms with Gasteiger partial charge in [-0.25, -0.2) is 0 Å². The van der Waals surface area contributed by atoms with E-state index in [2.05, 4.69) is 34.3 Å². The minimum atomic E-state index is -0.708. The number of hydrogen-bond acceptors (Lipinski definition) is 6. The van der Waals surface area contributed by atoms with Crippen molar-refractivity contribution in [2.75, 3.05) is 5.32 Å². The Balaban J connectivity index is 1.89. The summed E-state index contributed by atoms with van der Waals surface area (Å²) in [5, 5.41) is 12.3. The number of aromatic nitrogens is 4. The molecule has 2 aromatic heterocycles. The van der Waals surface area contributed by atoms with Crippen molar-refractivity contribution in [3.63, 3.8) is 0 Å². The number of aromatic amines is 1. The lowest BCUT2D eigenvalue weighted by Crippen LogP contribution is -2.36. The van der Waals surface area contributed by atoms with Gasteiger partial charge in [0.1, 0.15) is 5.01 Å². The van der Waals surface area contributed by atoms with Gasteiger partial charge >= 0.3 is 11.1 Å². The maximum atomic E-state index is 12.5. The summed E-state index contributed by atoms with van der Waals surface area (Å²) >= 11 is 1.37. The third kappa shape index (κ3) is 3.68. The average Bonchev–Trinajstić information content (AvgIpc) is 3.11. The summed E-state index contributed by atoms with van der Waals surface area (Å²) in [7, 11) is 0. The number of H-pyrrole nitrogens is 1. The molecule has 9 heteroatoms. The molecule has 0 saturated heterocycles. The summed E-state index contributed by atoms with van der Waals surface area (Å²) in [5.41, 5.74) is 0.0549. The van der Waals surface area contributed by atoms with Crippen LogP contribution in [0.4, 0.5) is 5.13 Å². The van der Waals surface area contributed by atoms with Crippen molar-refractivity contribution in [2.45, 2.75) is 46.1 Å². The summed E-state index contributed by atoms with van der Waals surface area (Å²) in [4.78, 5) is 38.8. The minimum Gasteiger partial charge on any atom is -0.316 e. The van der Waals surface area contributed by atoms with E-state index in [1.807, 2.05) is 0 Å². The lowest BCUT2D eigenvalue weighted by Gasteiger charge is -2.08. The molecule has 0 aliphatic carbocycles. The molecule has 2 heterocycles. The van der Waals surface area contributed by atoms with Crippen LogP contribution in [0.1, 0.15) is 54.9 Å². The Hall–Kier alpha value is -2.81. The molecule has 0 fully saturated rings. The number of fused-ring (bicyclic) bond motifs is 1. The zero-order valence-electron chi connectivity index (χ0n) is 15.4. The van der Waals surface area contributed by atoms with Gasteiger partial charge in [-0.2, -0.15) is 0 Å². The highest BCUT2D eigenvalue weighted by molar-refractivity contribution is 7.15. The third-order valence-electron chi connectivity index (χ3n) is 4.55. The summed E-state index contributed by atoms with van der Waals surface area (Å²) in [6.45, 7) is 6.35. The van der Waals surface area contributed by atoms with Crippen molar-refractivity contribution in [2.24, 2.45) is 0 Å². The van der Waals surface area contributed by atoms with Crippen LogP contribution in [-0.2, 0) is 6.54 Å². The second-order valence-electron chi connectivity index (χ2n) is 6.15. The number of amides is 1. The number of hydrogen-bond donors (Lipinski definition) is 2. The predicted octanol–water partition coefficient (Wildman–Crippen LogP) is 2.72. The number of benzene rings is 1. The first-order valence-corrected chi connectivity index (χ1v) is 9.71. The maximum Gasteiger partial charge on any atom is 0.316 e. The number of anilines is 1. The van der Waals surface area contributed by atoms with E-state index in [0.29, 0.717) is 34.2 Å². The first kappa shape index (κ1) is 19.0. The fourth-order valence-electron chi connectivity index (χ4n) is 2.99. The lowest BCUT2D eigenvalue weighted by molar-refractivity contribution is 0.102. The number of rotatable bonds is 6. The summed E-state index contributed by atoms with van der Waals surface area (Å²) < 4.78 is 1.38. The van der Waals surface area contributed by atoms with Gasteiger partial charge in [-0.3, -0.25) is 19.7 Å². The molecule has 142 valence electrons. The Kier molecular flexibility index (Phi) is 5.50. The summed E-state index contributed by atoms with van der Waals surface area (Å²) in [6.07, 6.45) is 1.94. The van der Waals surface area contributed by atoms with Crippen LogP contribution in [0.3, 0.4) is 0 Å². The topological polar surface area (TPSA) is 110 Å². The molecule has 0 aliphatic rings. The minimum absolute atomic E-state index is 0.338. The van der Waals surface area contributed by atoms with Gasteiger partial charge < -0.3 is 9.55 Å². The predicted molar refractivity (Wildman–Crippen MR) is 106 cm³/mol. The molecule has 3 rings (SSSR count). The number of aryl methyl sites for hydroxylation is 1. The molecular weight excluding hydrogens is 366 g/mol. The fourth-order valence-corrected chi connectivity index (χ4v) is 4.00. The Labute approximate surface area is 159 Å². The van der Waals surface area contributed by atoms with Gasteiger partial charge in [0.25, 0.3) is 5.91 Å². The highest BCUT2D eigenvalue weighted by Crippen LogP contribution is 2.28. The van der Waals surface area contributed by atoms with E-state index in [9.17, 15) is 14.4 Å². The van der Waals surface area contributed by atoms with E-state index in [4.69, 9.17) is 0 Å². The molecule has 0 spiro atoms. The van der Waals surface area contributed by atoms with Crippen molar-refractivity contribution >= 4 is 33.4 Å². The monoisotopic (exact) mass is 387 g/mol. The highest BCUT2D eigenvalue weighted by atomic mass is 32.1. The van der Waals surface area contributed by atoms with Gasteiger partial charge in [0.05, 0.1) is 11.0 Å². The summed E-state index contributed by atoms with van der Waals surface area (Å²) in [6, 6.07) is 4.83. The number of carbonyl (C=O) groups is 1. The van der Waals surface area contributed by atoms with Crippen LogP contribution in [0.5, 0.6) is 0 Å². The van der Waals surface area contributed by atoms with E-state index in [1.165, 1.54) is 15.9 Å². The zero-order chi connectivity index (χ0) is 19.6. The first-order valence-electron chi connectivity index (χ1n) is 8.90. The van der Waals surface area contributed by atoms with E-state index < -0.39 is 11.1 Å². The molecule has 3 aromatic rings. The van der Waals surface area contributed by atoms with Gasteiger partial charge in [-0.15, -0.1) is 10.2 Å². The molecule has 27 heavy (non-hydrogen) atoms. The number of carbonyl (C=O) groups excluding carboxylic acids is 1. The molecule has 0 bridgehead atoms. The molecular formula is C18H21N5O3S. The van der Waals surface area contributed by atoms with Gasteiger partial charge in [-0.05, 0) is 38.0 Å². The summed E-state index contributed by atoms with van der Waals surface area (Å²) in [5.74, 6) is -0.0103. The first-order chi connectivity index (χ1) is 13.0. The van der Waals surface area contributed by atoms with Gasteiger partial charge in [0.2, 0.25) is 5.13 Å². The van der Waals surface area contributed by atoms with Crippen LogP contribution >= 0.6 is 11.3 Å². The van der Waals surface area contributed by atoms with Crippen LogP contribution in [0.15, 0.2) is 27.8 Å². The van der Waals surface area contributed by atoms with Crippen LogP contribution in [-0.4, -0.2) is 25.7 Å². The largest absolute Gasteiger partial charge is 0.316 e. The van der Waals surface area contributed by atoms with Crippen molar-refractivity contribution in [3.8, 4) is 0 Å². The van der Waals surface area contributed by atoms with Crippen molar-refractivity contribution in [1.82, 2.24) is 19.7 Å². The molecule has 0 saturated carbocycles. The molecule has 1 aromatic carbocycles. The van der Waals surface area contributed by atoms with Gasteiger partial charge in [0.15, 0.2) is 0 Å². The van der Waals surface area contributed by atoms with E-state index in [1.54, 1.807) is 25.1 Å². The van der Waals surface area contributed by atoms with Crippen LogP contribution in [0, 0.1) is 0 Å². The Morgan fingerprint density at radius 2 is 1.96 bits per heavy atom. The third-order valence-corrected chi connectivity index (χ3v) is 5.55. The van der Waals surface area contributed by atoms with E-state index in [0.717, 1.165) is 17.8 Å². The quantitative estimate of drug-likeness (QED) is 0.632. The average molecular weight is 387 g/mol. The molecule has 8 nitrogen and oxygen atoms in total. The van der Waals surface area contributed by atoms with Crippen LogP contribution < -0.4 is 16.4 Å².